The van der Waals surface area contributed by atoms with Crippen molar-refractivity contribution in [2.24, 2.45) is 0 Å². The highest BCUT2D eigenvalue weighted by Gasteiger charge is 2.28. The minimum absolute atomic E-state index is 0.0922. The van der Waals surface area contributed by atoms with Crippen LogP contribution < -0.4 is 10.0 Å². The molecule has 0 saturated heterocycles. The van der Waals surface area contributed by atoms with E-state index in [4.69, 9.17) is 0 Å². The van der Waals surface area contributed by atoms with E-state index in [-0.39, 0.29) is 6.04 Å². The first-order valence-corrected chi connectivity index (χ1v) is 10.5. The van der Waals surface area contributed by atoms with Gasteiger partial charge >= 0.3 is 0 Å². The van der Waals surface area contributed by atoms with Gasteiger partial charge in [0.15, 0.2) is 0 Å². The lowest BCUT2D eigenvalue weighted by atomic mass is 10.3. The number of hydrogen-bond donors (Lipinski definition) is 2. The van der Waals surface area contributed by atoms with Crippen LogP contribution in [0, 0.1) is 0 Å². The molecule has 0 amide bonds. The lowest BCUT2D eigenvalue weighted by Gasteiger charge is -2.12. The first-order valence-electron chi connectivity index (χ1n) is 6.88. The Morgan fingerprint density at radius 1 is 1.45 bits per heavy atom. The van der Waals surface area contributed by atoms with Crippen LogP contribution in [0.4, 0.5) is 0 Å². The molecule has 2 unspecified atom stereocenters. The molecule has 0 spiro atoms. The average molecular weight is 335 g/mol. The first kappa shape index (κ1) is 16.3. The summed E-state index contributed by atoms with van der Waals surface area (Å²) in [7, 11) is -3.36. The summed E-state index contributed by atoms with van der Waals surface area (Å²) in [5.74, 6) is 0. The van der Waals surface area contributed by atoms with Crippen molar-refractivity contribution in [3.05, 3.63) is 16.3 Å². The maximum Gasteiger partial charge on any atom is 0.241 e. The van der Waals surface area contributed by atoms with Crippen molar-refractivity contribution in [1.82, 2.24) is 10.0 Å². The molecular formula is C13H22N2O2S3. The van der Waals surface area contributed by atoms with Gasteiger partial charge in [-0.1, -0.05) is 6.92 Å². The van der Waals surface area contributed by atoms with Crippen LogP contribution in [0.2, 0.25) is 0 Å². The molecule has 1 aliphatic carbocycles. The van der Waals surface area contributed by atoms with Gasteiger partial charge in [-0.25, -0.2) is 13.1 Å². The van der Waals surface area contributed by atoms with E-state index in [9.17, 15) is 8.42 Å². The molecule has 0 aliphatic heterocycles. The van der Waals surface area contributed by atoms with Crippen molar-refractivity contribution in [2.75, 3.05) is 12.8 Å². The lowest BCUT2D eigenvalue weighted by molar-refractivity contribution is 0.553. The predicted molar refractivity (Wildman–Crippen MR) is 87.0 cm³/mol. The third-order valence-corrected chi connectivity index (χ3v) is 7.21. The third-order valence-electron chi connectivity index (χ3n) is 3.53. The van der Waals surface area contributed by atoms with Crippen LogP contribution in [0.3, 0.4) is 0 Å². The fourth-order valence-electron chi connectivity index (χ4n) is 2.39. The van der Waals surface area contributed by atoms with E-state index in [1.54, 1.807) is 11.4 Å². The highest BCUT2D eigenvalue weighted by molar-refractivity contribution is 7.99. The Hall–Kier alpha value is -0.0800. The van der Waals surface area contributed by atoms with Gasteiger partial charge in [0.25, 0.3) is 0 Å². The van der Waals surface area contributed by atoms with Crippen LogP contribution in [0.5, 0.6) is 0 Å². The highest BCUT2D eigenvalue weighted by Crippen LogP contribution is 2.29. The van der Waals surface area contributed by atoms with Gasteiger partial charge in [0.05, 0.1) is 4.90 Å². The van der Waals surface area contributed by atoms with Crippen LogP contribution in [-0.4, -0.2) is 32.5 Å². The van der Waals surface area contributed by atoms with E-state index in [1.165, 1.54) is 11.3 Å². The third kappa shape index (κ3) is 4.21. The smallest absolute Gasteiger partial charge is 0.241 e. The first-order chi connectivity index (χ1) is 9.55. The van der Waals surface area contributed by atoms with Crippen molar-refractivity contribution < 1.29 is 8.42 Å². The van der Waals surface area contributed by atoms with Crippen molar-refractivity contribution in [2.45, 2.75) is 48.9 Å². The Kier molecular flexibility index (Phi) is 5.92. The molecule has 0 bridgehead atoms. The van der Waals surface area contributed by atoms with Gasteiger partial charge in [0, 0.05) is 28.1 Å². The second kappa shape index (κ2) is 7.26. The van der Waals surface area contributed by atoms with Crippen molar-refractivity contribution >= 4 is 33.1 Å². The molecule has 4 nitrogen and oxygen atoms in total. The molecular weight excluding hydrogens is 312 g/mol. The number of sulfonamides is 1. The molecule has 1 fully saturated rings. The molecule has 1 heterocycles. The quantitative estimate of drug-likeness (QED) is 0.804. The summed E-state index contributed by atoms with van der Waals surface area (Å²) in [6.45, 7) is 3.65. The highest BCUT2D eigenvalue weighted by atomic mass is 32.2. The Bertz CT molecular complexity index is 527. The minimum Gasteiger partial charge on any atom is -0.312 e. The zero-order valence-corrected chi connectivity index (χ0v) is 14.3. The maximum atomic E-state index is 12.3. The number of nitrogens with one attached hydrogen (secondary N) is 2. The Morgan fingerprint density at radius 2 is 2.25 bits per heavy atom. The second-order valence-electron chi connectivity index (χ2n) is 5.02. The molecule has 0 aromatic carbocycles. The topological polar surface area (TPSA) is 58.2 Å². The van der Waals surface area contributed by atoms with Gasteiger partial charge in [0.1, 0.15) is 0 Å². The summed E-state index contributed by atoms with van der Waals surface area (Å²) >= 11 is 3.32. The molecule has 1 aromatic heterocycles. The summed E-state index contributed by atoms with van der Waals surface area (Å²) in [4.78, 5) is 1.46. The van der Waals surface area contributed by atoms with Crippen LogP contribution in [0.1, 0.15) is 31.1 Å². The van der Waals surface area contributed by atoms with E-state index in [2.05, 4.69) is 16.3 Å². The van der Waals surface area contributed by atoms with Gasteiger partial charge in [-0.2, -0.15) is 11.8 Å². The van der Waals surface area contributed by atoms with Crippen LogP contribution in [-0.2, 0) is 16.6 Å². The van der Waals surface area contributed by atoms with E-state index < -0.39 is 10.0 Å². The van der Waals surface area contributed by atoms with E-state index in [0.717, 1.165) is 37.2 Å². The fraction of sp³-hybridized carbons (Fsp3) is 0.692. The summed E-state index contributed by atoms with van der Waals surface area (Å²) in [6, 6.07) is 1.87. The summed E-state index contributed by atoms with van der Waals surface area (Å²) < 4.78 is 27.5. The number of thioether (sulfide) groups is 1. The van der Waals surface area contributed by atoms with Crippen LogP contribution >= 0.6 is 23.1 Å². The van der Waals surface area contributed by atoms with Crippen LogP contribution in [0.25, 0.3) is 0 Å². The predicted octanol–water partition coefficient (Wildman–Crippen LogP) is 2.42. The number of thiophene rings is 1. The molecule has 1 aromatic rings. The van der Waals surface area contributed by atoms with E-state index in [0.29, 0.717) is 10.1 Å². The van der Waals surface area contributed by atoms with E-state index in [1.807, 2.05) is 18.7 Å². The molecule has 2 N–H and O–H groups in total. The Labute approximate surface area is 129 Å². The number of rotatable bonds is 7. The molecule has 20 heavy (non-hydrogen) atoms. The largest absolute Gasteiger partial charge is 0.312 e. The van der Waals surface area contributed by atoms with Gasteiger partial charge < -0.3 is 5.32 Å². The van der Waals surface area contributed by atoms with Gasteiger partial charge in [-0.15, -0.1) is 11.3 Å². The molecule has 7 heteroatoms. The lowest BCUT2D eigenvalue weighted by Crippen LogP contribution is -2.32. The summed E-state index contributed by atoms with van der Waals surface area (Å²) in [6.07, 6.45) is 5.07. The second-order valence-corrected chi connectivity index (χ2v) is 8.87. The van der Waals surface area contributed by atoms with Gasteiger partial charge in [-0.3, -0.25) is 0 Å². The summed E-state index contributed by atoms with van der Waals surface area (Å²) in [5.41, 5.74) is 0. The van der Waals surface area contributed by atoms with Gasteiger partial charge in [0.2, 0.25) is 10.0 Å². The standard InChI is InChI=1S/C13H22N2O2S3/c1-3-14-8-12-7-13(9-19-12)20(16,17)15-10-4-5-11(6-10)18-2/h7,9-11,14-15H,3-6,8H2,1-2H3. The fourth-order valence-corrected chi connectivity index (χ4v) is 5.72. The zero-order chi connectivity index (χ0) is 14.6. The Balaban J connectivity index is 1.98. The molecule has 2 atom stereocenters. The normalized spacial score (nSPS) is 23.3. The molecule has 0 radical (unpaired) electrons. The average Bonchev–Trinajstić information content (AvgIpc) is 3.04. The number of hydrogen-bond acceptors (Lipinski definition) is 5. The zero-order valence-electron chi connectivity index (χ0n) is 11.9. The Morgan fingerprint density at radius 3 is 2.90 bits per heavy atom. The molecule has 2 rings (SSSR count). The van der Waals surface area contributed by atoms with E-state index >= 15 is 0 Å². The monoisotopic (exact) mass is 334 g/mol. The molecule has 1 aliphatic rings. The molecule has 1 saturated carbocycles. The van der Waals surface area contributed by atoms with Crippen LogP contribution in [0.15, 0.2) is 16.3 Å². The van der Waals surface area contributed by atoms with Crippen molar-refractivity contribution in [1.29, 1.82) is 0 Å². The van der Waals surface area contributed by atoms with Crippen molar-refractivity contribution in [3.8, 4) is 0 Å². The van der Waals surface area contributed by atoms with Gasteiger partial charge in [-0.05, 0) is 38.1 Å². The maximum absolute atomic E-state index is 12.3. The minimum atomic E-state index is -3.36. The van der Waals surface area contributed by atoms with Crippen molar-refractivity contribution in [3.63, 3.8) is 0 Å². The summed E-state index contributed by atoms with van der Waals surface area (Å²) in [5, 5.41) is 5.53. The molecule has 114 valence electrons. The SMILES string of the molecule is CCNCc1cc(S(=O)(=O)NC2CCC(SC)C2)cs1.